The van der Waals surface area contributed by atoms with E-state index in [0.29, 0.717) is 29.6 Å². The van der Waals surface area contributed by atoms with Crippen molar-refractivity contribution in [2.24, 2.45) is 5.10 Å². The summed E-state index contributed by atoms with van der Waals surface area (Å²) in [4.78, 5) is 12.2. The number of hydrogen-bond acceptors (Lipinski definition) is 7. The van der Waals surface area contributed by atoms with E-state index in [-0.39, 0.29) is 19.2 Å². The second-order valence-corrected chi connectivity index (χ2v) is 9.34. The number of nitrogens with zero attached hydrogens (tertiary/aromatic N) is 1. The zero-order valence-corrected chi connectivity index (χ0v) is 22.2. The van der Waals surface area contributed by atoms with Gasteiger partial charge in [-0.3, -0.25) is 4.79 Å². The van der Waals surface area contributed by atoms with Gasteiger partial charge in [0.15, 0.2) is 23.0 Å². The zero-order valence-electron chi connectivity index (χ0n) is 20.0. The number of rotatable bonds is 9. The van der Waals surface area contributed by atoms with Crippen molar-refractivity contribution in [3.63, 3.8) is 0 Å². The fourth-order valence-corrected chi connectivity index (χ4v) is 4.71. The van der Waals surface area contributed by atoms with Crippen LogP contribution in [0.2, 0.25) is 0 Å². The van der Waals surface area contributed by atoms with Gasteiger partial charge in [-0.15, -0.1) is 0 Å². The second-order valence-electron chi connectivity index (χ2n) is 8.18. The highest BCUT2D eigenvalue weighted by molar-refractivity contribution is 14.1. The van der Waals surface area contributed by atoms with Crippen LogP contribution in [0.1, 0.15) is 11.1 Å². The summed E-state index contributed by atoms with van der Waals surface area (Å²) in [7, 11) is 1.60. The van der Waals surface area contributed by atoms with Crippen molar-refractivity contribution >= 4 is 51.2 Å². The lowest BCUT2D eigenvalue weighted by atomic mass is 10.1. The zero-order chi connectivity index (χ0) is 25.6. The van der Waals surface area contributed by atoms with Gasteiger partial charge in [0.1, 0.15) is 6.61 Å². The van der Waals surface area contributed by atoms with E-state index in [1.165, 1.54) is 5.39 Å². The first-order valence-corrected chi connectivity index (χ1v) is 12.6. The number of halogens is 1. The van der Waals surface area contributed by atoms with Gasteiger partial charge in [0, 0.05) is 11.8 Å². The first-order valence-electron chi connectivity index (χ1n) is 11.5. The summed E-state index contributed by atoms with van der Waals surface area (Å²) < 4.78 is 23.3. The molecule has 0 spiro atoms. The van der Waals surface area contributed by atoms with E-state index in [1.54, 1.807) is 25.5 Å². The Morgan fingerprint density at radius 2 is 1.89 bits per heavy atom. The molecule has 0 atom stereocenters. The molecule has 5 rings (SSSR count). The van der Waals surface area contributed by atoms with Crippen LogP contribution in [0.15, 0.2) is 77.9 Å². The molecule has 0 bridgehead atoms. The van der Waals surface area contributed by atoms with Crippen LogP contribution in [-0.4, -0.2) is 32.6 Å². The number of methoxy groups -OCH3 is 1. The first-order chi connectivity index (χ1) is 18.1. The van der Waals surface area contributed by atoms with Crippen LogP contribution in [0.3, 0.4) is 0 Å². The molecular weight excluding hydrogens is 585 g/mol. The normalized spacial score (nSPS) is 12.1. The summed E-state index contributed by atoms with van der Waals surface area (Å²) in [5.41, 5.74) is 5.14. The van der Waals surface area contributed by atoms with E-state index >= 15 is 0 Å². The maximum absolute atomic E-state index is 12.2. The van der Waals surface area contributed by atoms with Crippen molar-refractivity contribution in [1.29, 1.82) is 0 Å². The van der Waals surface area contributed by atoms with Gasteiger partial charge in [0.05, 0.1) is 23.4 Å². The first kappa shape index (κ1) is 24.7. The summed E-state index contributed by atoms with van der Waals surface area (Å²) in [5, 5.41) is 9.44. The van der Waals surface area contributed by atoms with Crippen molar-refractivity contribution in [2.75, 3.05) is 25.8 Å². The number of carbonyl (C=O) groups excluding carboxylic acids is 1. The molecule has 0 aliphatic carbocycles. The molecule has 8 nitrogen and oxygen atoms in total. The number of hydrazone groups is 1. The van der Waals surface area contributed by atoms with E-state index in [1.807, 2.05) is 36.4 Å². The number of ether oxygens (including phenoxy) is 4. The van der Waals surface area contributed by atoms with Crippen molar-refractivity contribution in [1.82, 2.24) is 5.43 Å². The fraction of sp³-hybridized carbons (Fsp3) is 0.143. The third-order valence-electron chi connectivity index (χ3n) is 5.73. The molecule has 37 heavy (non-hydrogen) atoms. The topological polar surface area (TPSA) is 90.4 Å². The van der Waals surface area contributed by atoms with Gasteiger partial charge >= 0.3 is 0 Å². The van der Waals surface area contributed by atoms with Gasteiger partial charge < -0.3 is 24.3 Å². The molecule has 4 aromatic carbocycles. The molecule has 0 fully saturated rings. The molecule has 2 N–H and O–H groups in total. The van der Waals surface area contributed by atoms with E-state index in [0.717, 1.165) is 25.8 Å². The fourth-order valence-electron chi connectivity index (χ4n) is 3.93. The van der Waals surface area contributed by atoms with Crippen molar-refractivity contribution in [3.05, 3.63) is 87.5 Å². The average molecular weight is 609 g/mol. The van der Waals surface area contributed by atoms with Crippen LogP contribution in [-0.2, 0) is 11.4 Å². The lowest BCUT2D eigenvalue weighted by Crippen LogP contribution is -2.25. The van der Waals surface area contributed by atoms with E-state index in [9.17, 15) is 4.79 Å². The predicted molar refractivity (Wildman–Crippen MR) is 151 cm³/mol. The van der Waals surface area contributed by atoms with E-state index in [2.05, 4.69) is 62.7 Å². The van der Waals surface area contributed by atoms with E-state index < -0.39 is 0 Å². The average Bonchev–Trinajstić information content (AvgIpc) is 3.39. The molecule has 1 aliphatic heterocycles. The summed E-state index contributed by atoms with van der Waals surface area (Å²) >= 11 is 2.21. The molecule has 4 aromatic rings. The highest BCUT2D eigenvalue weighted by Crippen LogP contribution is 2.35. The monoisotopic (exact) mass is 609 g/mol. The van der Waals surface area contributed by atoms with Crippen molar-refractivity contribution in [2.45, 2.75) is 6.61 Å². The molecule has 0 aromatic heterocycles. The highest BCUT2D eigenvalue weighted by atomic mass is 127. The lowest BCUT2D eigenvalue weighted by Gasteiger charge is -2.14. The smallest absolute Gasteiger partial charge is 0.259 e. The van der Waals surface area contributed by atoms with E-state index in [4.69, 9.17) is 18.9 Å². The van der Waals surface area contributed by atoms with Crippen molar-refractivity contribution in [3.8, 4) is 23.0 Å². The van der Waals surface area contributed by atoms with Gasteiger partial charge in [0.2, 0.25) is 6.79 Å². The van der Waals surface area contributed by atoms with Crippen LogP contribution in [0.5, 0.6) is 23.0 Å². The minimum absolute atomic E-state index is 0.0544. The lowest BCUT2D eigenvalue weighted by molar-refractivity contribution is -0.119. The Morgan fingerprint density at radius 3 is 2.78 bits per heavy atom. The SMILES string of the molecule is COc1cc(/C=N\NC(=O)CNc2ccc3c(c2)OCO3)cc(I)c1OCc1cccc2ccccc12. The summed E-state index contributed by atoms with van der Waals surface area (Å²) in [6, 6.07) is 23.6. The molecule has 0 saturated heterocycles. The Kier molecular flexibility index (Phi) is 7.59. The minimum atomic E-state index is -0.286. The summed E-state index contributed by atoms with van der Waals surface area (Å²) in [5.74, 6) is 2.30. The third-order valence-corrected chi connectivity index (χ3v) is 6.53. The van der Waals surface area contributed by atoms with Crippen LogP contribution < -0.4 is 29.7 Å². The Hall–Kier alpha value is -3.99. The van der Waals surface area contributed by atoms with Crippen LogP contribution in [0.4, 0.5) is 5.69 Å². The Balaban J connectivity index is 1.19. The number of benzene rings is 4. The predicted octanol–water partition coefficient (Wildman–Crippen LogP) is 5.32. The van der Waals surface area contributed by atoms with Crippen molar-refractivity contribution < 1.29 is 23.7 Å². The van der Waals surface area contributed by atoms with Gasteiger partial charge in [-0.05, 0) is 68.8 Å². The summed E-state index contributed by atoms with van der Waals surface area (Å²) in [6.07, 6.45) is 1.57. The number of carbonyl (C=O) groups is 1. The highest BCUT2D eigenvalue weighted by Gasteiger charge is 2.14. The quantitative estimate of drug-likeness (QED) is 0.152. The number of anilines is 1. The molecule has 1 amide bonds. The van der Waals surface area contributed by atoms with Gasteiger partial charge in [0.25, 0.3) is 5.91 Å². The molecule has 1 aliphatic rings. The van der Waals surface area contributed by atoms with Gasteiger partial charge in [-0.1, -0.05) is 42.5 Å². The number of nitrogens with one attached hydrogen (secondary N) is 2. The molecule has 1 heterocycles. The van der Waals surface area contributed by atoms with Gasteiger partial charge in [-0.2, -0.15) is 5.10 Å². The largest absolute Gasteiger partial charge is 0.493 e. The molecule has 0 saturated carbocycles. The summed E-state index contributed by atoms with van der Waals surface area (Å²) in [6.45, 7) is 0.668. The van der Waals surface area contributed by atoms with Crippen LogP contribution in [0.25, 0.3) is 10.8 Å². The van der Waals surface area contributed by atoms with Crippen LogP contribution >= 0.6 is 22.6 Å². The number of hydrogen-bond donors (Lipinski definition) is 2. The molecule has 188 valence electrons. The van der Waals surface area contributed by atoms with Gasteiger partial charge in [-0.25, -0.2) is 5.43 Å². The Bertz CT molecular complexity index is 1470. The molecular formula is C28H24IN3O5. The second kappa shape index (κ2) is 11.4. The number of amides is 1. The Labute approximate surface area is 227 Å². The molecule has 0 radical (unpaired) electrons. The maximum atomic E-state index is 12.2. The standard InChI is InChI=1S/C28H24IN3O5/c1-34-26-12-18(14-31-32-27(33)15-30-21-9-10-24-25(13-21)37-17-36-24)11-23(29)28(26)35-16-20-7-4-6-19-5-2-3-8-22(19)20/h2-14,30H,15-17H2,1H3,(H,32,33)/b31-14-. The number of fused-ring (bicyclic) bond motifs is 2. The molecule has 9 heteroatoms. The third kappa shape index (κ3) is 5.88. The molecule has 0 unspecified atom stereocenters. The van der Waals surface area contributed by atoms with Crippen LogP contribution in [0, 0.1) is 3.57 Å². The Morgan fingerprint density at radius 1 is 1.05 bits per heavy atom. The minimum Gasteiger partial charge on any atom is -0.493 e. The maximum Gasteiger partial charge on any atom is 0.259 e.